The lowest BCUT2D eigenvalue weighted by atomic mass is 9.85. The Morgan fingerprint density at radius 1 is 1.04 bits per heavy atom. The van der Waals surface area contributed by atoms with E-state index in [9.17, 15) is 24.0 Å². The minimum absolute atomic E-state index is 0.0319. The van der Waals surface area contributed by atoms with Gasteiger partial charge in [-0.25, -0.2) is 4.79 Å². The highest BCUT2D eigenvalue weighted by molar-refractivity contribution is 6.06. The maximum atomic E-state index is 12.4. The van der Waals surface area contributed by atoms with Crippen LogP contribution in [-0.4, -0.2) is 58.3 Å². The highest BCUT2D eigenvalue weighted by Gasteiger charge is 2.60. The maximum Gasteiger partial charge on any atom is 0.333 e. The molecule has 4 atom stereocenters. The number of ether oxygens (including phenoxy) is 1. The van der Waals surface area contributed by atoms with E-state index in [4.69, 9.17) is 9.57 Å². The van der Waals surface area contributed by atoms with Crippen molar-refractivity contribution in [2.24, 2.45) is 11.8 Å². The molecule has 4 aliphatic heterocycles. The fraction of sp³-hybridized carbons (Fsp3) is 0.562. The highest BCUT2D eigenvalue weighted by Crippen LogP contribution is 2.45. The number of imide groups is 2. The average molecular weight is 348 g/mol. The van der Waals surface area contributed by atoms with Crippen LogP contribution < -0.4 is 0 Å². The summed E-state index contributed by atoms with van der Waals surface area (Å²) in [5.41, 5.74) is 0. The smallest absolute Gasteiger partial charge is 0.333 e. The van der Waals surface area contributed by atoms with Crippen LogP contribution in [0, 0.1) is 11.8 Å². The van der Waals surface area contributed by atoms with Gasteiger partial charge in [0.15, 0.2) is 0 Å². The van der Waals surface area contributed by atoms with E-state index < -0.39 is 29.6 Å². The van der Waals surface area contributed by atoms with Crippen molar-refractivity contribution >= 4 is 29.6 Å². The molecule has 2 bridgehead atoms. The van der Waals surface area contributed by atoms with Crippen LogP contribution in [0.2, 0.25) is 0 Å². The Morgan fingerprint density at radius 3 is 2.16 bits per heavy atom. The van der Waals surface area contributed by atoms with Gasteiger partial charge in [-0.15, -0.1) is 5.06 Å². The van der Waals surface area contributed by atoms with Crippen LogP contribution in [0.3, 0.4) is 0 Å². The molecular weight excluding hydrogens is 332 g/mol. The Morgan fingerprint density at radius 2 is 1.60 bits per heavy atom. The van der Waals surface area contributed by atoms with Crippen LogP contribution >= 0.6 is 0 Å². The van der Waals surface area contributed by atoms with E-state index in [-0.39, 0.29) is 56.3 Å². The molecule has 25 heavy (non-hydrogen) atoms. The lowest BCUT2D eigenvalue weighted by molar-refractivity contribution is -0.197. The van der Waals surface area contributed by atoms with Gasteiger partial charge < -0.3 is 9.57 Å². The molecule has 4 amide bonds. The number of rotatable bonds is 5. The lowest BCUT2D eigenvalue weighted by Gasteiger charge is -2.17. The normalized spacial score (nSPS) is 33.0. The Kier molecular flexibility index (Phi) is 3.68. The number of carbonyl (C=O) groups is 5. The molecule has 9 heteroatoms. The first kappa shape index (κ1) is 15.9. The van der Waals surface area contributed by atoms with Gasteiger partial charge >= 0.3 is 5.97 Å². The lowest BCUT2D eigenvalue weighted by Crippen LogP contribution is -2.36. The second-order valence-corrected chi connectivity index (χ2v) is 6.48. The highest BCUT2D eigenvalue weighted by atomic mass is 16.7. The third kappa shape index (κ3) is 2.46. The number of fused-ring (bicyclic) bond motifs is 5. The summed E-state index contributed by atoms with van der Waals surface area (Å²) in [7, 11) is 0. The number of nitrogens with zero attached hydrogens (tertiary/aromatic N) is 2. The number of hydroxylamine groups is 2. The van der Waals surface area contributed by atoms with E-state index in [0.29, 0.717) is 5.06 Å². The standard InChI is InChI=1S/C16H16N2O7/c19-10-5-6-11(20)18(10)25-12(21)2-1-7-17-15(22)13-8-3-4-9(24-8)14(13)16(17)23/h3-4,8-9,13-14H,1-2,5-7H2. The third-order valence-electron chi connectivity index (χ3n) is 4.96. The van der Waals surface area contributed by atoms with Crippen LogP contribution in [0.4, 0.5) is 0 Å². The molecule has 0 aromatic rings. The van der Waals surface area contributed by atoms with Gasteiger partial charge in [0.2, 0.25) is 11.8 Å². The predicted molar refractivity (Wildman–Crippen MR) is 77.9 cm³/mol. The molecule has 0 N–H and O–H groups in total. The fourth-order valence-electron chi connectivity index (χ4n) is 3.77. The molecule has 9 nitrogen and oxygen atoms in total. The van der Waals surface area contributed by atoms with Gasteiger partial charge in [-0.2, -0.15) is 0 Å². The third-order valence-corrected chi connectivity index (χ3v) is 4.96. The molecule has 0 aliphatic carbocycles. The van der Waals surface area contributed by atoms with Crippen molar-refractivity contribution in [3.05, 3.63) is 12.2 Å². The summed E-state index contributed by atoms with van der Waals surface area (Å²) in [6.07, 6.45) is 3.10. The van der Waals surface area contributed by atoms with E-state index in [1.807, 2.05) is 12.2 Å². The SMILES string of the molecule is O=C(CCCN1C(=O)C2C3C=CC(O3)C2C1=O)ON1C(=O)CCC1=O. The minimum Gasteiger partial charge on any atom is -0.365 e. The first-order valence-electron chi connectivity index (χ1n) is 8.23. The number of amides is 4. The zero-order valence-electron chi connectivity index (χ0n) is 13.3. The van der Waals surface area contributed by atoms with Gasteiger partial charge in [-0.1, -0.05) is 12.2 Å². The monoisotopic (exact) mass is 348 g/mol. The minimum atomic E-state index is -0.743. The molecule has 3 saturated heterocycles. The second kappa shape index (κ2) is 5.76. The molecule has 4 rings (SSSR count). The van der Waals surface area contributed by atoms with E-state index in [1.54, 1.807) is 0 Å². The fourth-order valence-corrected chi connectivity index (χ4v) is 3.77. The van der Waals surface area contributed by atoms with Crippen LogP contribution in [0.1, 0.15) is 25.7 Å². The van der Waals surface area contributed by atoms with Gasteiger partial charge in [0, 0.05) is 25.8 Å². The summed E-state index contributed by atoms with van der Waals surface area (Å²) in [6.45, 7) is 0.0983. The van der Waals surface area contributed by atoms with Gasteiger partial charge in [0.25, 0.3) is 11.8 Å². The van der Waals surface area contributed by atoms with Crippen LogP contribution in [0.5, 0.6) is 0 Å². The van der Waals surface area contributed by atoms with Crippen LogP contribution in [-0.2, 0) is 33.5 Å². The first-order chi connectivity index (χ1) is 12.0. The van der Waals surface area contributed by atoms with Crippen molar-refractivity contribution in [3.8, 4) is 0 Å². The molecule has 4 heterocycles. The molecular formula is C16H16N2O7. The van der Waals surface area contributed by atoms with Crippen LogP contribution in [0.15, 0.2) is 12.2 Å². The van der Waals surface area contributed by atoms with E-state index in [1.165, 1.54) is 4.90 Å². The summed E-state index contributed by atoms with van der Waals surface area (Å²) < 4.78 is 5.54. The Hall–Kier alpha value is -2.55. The van der Waals surface area contributed by atoms with Crippen molar-refractivity contribution < 1.29 is 33.5 Å². The summed E-state index contributed by atoms with van der Waals surface area (Å²) in [6, 6.07) is 0. The molecule has 0 aromatic carbocycles. The molecule has 4 aliphatic rings. The Labute approximate surface area is 142 Å². The van der Waals surface area contributed by atoms with E-state index in [0.717, 1.165) is 0 Å². The summed E-state index contributed by atoms with van der Waals surface area (Å²) in [4.78, 5) is 65.2. The molecule has 0 radical (unpaired) electrons. The van der Waals surface area contributed by atoms with Crippen molar-refractivity contribution in [3.63, 3.8) is 0 Å². The largest absolute Gasteiger partial charge is 0.365 e. The number of likely N-dealkylation sites (tertiary alicyclic amines) is 1. The van der Waals surface area contributed by atoms with E-state index in [2.05, 4.69) is 0 Å². The van der Waals surface area contributed by atoms with E-state index >= 15 is 0 Å². The topological polar surface area (TPSA) is 110 Å². The average Bonchev–Trinajstić information content (AvgIpc) is 3.32. The molecule has 0 aromatic heterocycles. The predicted octanol–water partition coefficient (Wildman–Crippen LogP) is -0.688. The van der Waals surface area contributed by atoms with Crippen molar-refractivity contribution in [1.29, 1.82) is 0 Å². The summed E-state index contributed by atoms with van der Waals surface area (Å²) in [5.74, 6) is -3.30. The number of hydrogen-bond acceptors (Lipinski definition) is 7. The quantitative estimate of drug-likeness (QED) is 0.478. The van der Waals surface area contributed by atoms with Crippen molar-refractivity contribution in [2.75, 3.05) is 6.54 Å². The van der Waals surface area contributed by atoms with Gasteiger partial charge in [-0.3, -0.25) is 24.1 Å². The number of carbonyl (C=O) groups excluding carboxylic acids is 5. The summed E-state index contributed by atoms with van der Waals surface area (Å²) >= 11 is 0. The molecule has 0 spiro atoms. The van der Waals surface area contributed by atoms with Gasteiger partial charge in [-0.05, 0) is 6.42 Å². The zero-order valence-corrected chi connectivity index (χ0v) is 13.3. The first-order valence-corrected chi connectivity index (χ1v) is 8.23. The number of hydrogen-bond donors (Lipinski definition) is 0. The zero-order chi connectivity index (χ0) is 17.7. The van der Waals surface area contributed by atoms with Crippen LogP contribution in [0.25, 0.3) is 0 Å². The second-order valence-electron chi connectivity index (χ2n) is 6.48. The maximum absolute atomic E-state index is 12.4. The van der Waals surface area contributed by atoms with Gasteiger partial charge in [0.05, 0.1) is 24.0 Å². The molecule has 0 saturated carbocycles. The summed E-state index contributed by atoms with van der Waals surface area (Å²) in [5, 5.41) is 0.486. The Bertz CT molecular complexity index is 669. The Balaban J connectivity index is 1.29. The van der Waals surface area contributed by atoms with Crippen molar-refractivity contribution in [2.45, 2.75) is 37.9 Å². The van der Waals surface area contributed by atoms with Gasteiger partial charge in [0.1, 0.15) is 0 Å². The molecule has 3 fully saturated rings. The molecule has 132 valence electrons. The van der Waals surface area contributed by atoms with Crippen molar-refractivity contribution in [1.82, 2.24) is 9.96 Å². The molecule has 4 unspecified atom stereocenters.